The molecule has 0 aliphatic carbocycles. The number of halogens is 3. The maximum absolute atomic E-state index is 12.8. The van der Waals surface area contributed by atoms with E-state index in [0.29, 0.717) is 0 Å². The van der Waals surface area contributed by atoms with Crippen LogP contribution in [-0.4, -0.2) is 51.1 Å². The average Bonchev–Trinajstić information content (AvgIpc) is 2.43. The number of para-hydroxylation sites is 1. The van der Waals surface area contributed by atoms with Crippen molar-refractivity contribution in [2.75, 3.05) is 26.5 Å². The van der Waals surface area contributed by atoms with Crippen molar-refractivity contribution in [3.8, 4) is 5.75 Å². The first-order valence-corrected chi connectivity index (χ1v) is 8.75. The van der Waals surface area contributed by atoms with Gasteiger partial charge in [-0.25, -0.2) is 8.42 Å². The zero-order valence-electron chi connectivity index (χ0n) is 13.4. The molecule has 0 aliphatic rings. The van der Waals surface area contributed by atoms with Crippen LogP contribution in [0.3, 0.4) is 0 Å². The number of hydrogen-bond donors (Lipinski definition) is 1. The van der Waals surface area contributed by atoms with Gasteiger partial charge in [0.15, 0.2) is 0 Å². The number of ether oxygens (including phenoxy) is 1. The molecule has 1 aromatic carbocycles. The smallest absolute Gasteiger partial charge is 0.419 e. The van der Waals surface area contributed by atoms with Gasteiger partial charge < -0.3 is 10.1 Å². The number of likely N-dealkylation sites (N-methyl/N-ethyl adjacent to an activating group) is 1. The standard InChI is InChI=1S/C14H19F3N2O4S/c1-10(18-13(20)8-19(2)24(3,21)22)9-23-12-7-5-4-6-11(12)14(15,16)17/h4-7,10H,8-9H2,1-3H3,(H,18,20). The van der Waals surface area contributed by atoms with Crippen molar-refractivity contribution in [1.29, 1.82) is 0 Å². The summed E-state index contributed by atoms with van der Waals surface area (Å²) in [4.78, 5) is 11.7. The molecule has 0 fully saturated rings. The molecule has 0 aliphatic heterocycles. The Morgan fingerprint density at radius 2 is 1.92 bits per heavy atom. The molecule has 1 unspecified atom stereocenters. The zero-order chi connectivity index (χ0) is 18.5. The highest BCUT2D eigenvalue weighted by Crippen LogP contribution is 2.35. The van der Waals surface area contributed by atoms with Gasteiger partial charge in [0.2, 0.25) is 15.9 Å². The molecule has 0 aromatic heterocycles. The summed E-state index contributed by atoms with van der Waals surface area (Å²) in [6.45, 7) is 0.957. The number of benzene rings is 1. The Morgan fingerprint density at radius 1 is 1.33 bits per heavy atom. The minimum atomic E-state index is -4.54. The highest BCUT2D eigenvalue weighted by molar-refractivity contribution is 7.88. The first-order chi connectivity index (χ1) is 10.9. The van der Waals surface area contributed by atoms with Gasteiger partial charge in [-0.2, -0.15) is 17.5 Å². The van der Waals surface area contributed by atoms with Crippen LogP contribution in [0.4, 0.5) is 13.2 Å². The van der Waals surface area contributed by atoms with Crippen LogP contribution < -0.4 is 10.1 Å². The lowest BCUT2D eigenvalue weighted by molar-refractivity contribution is -0.139. The van der Waals surface area contributed by atoms with Crippen LogP contribution in [0.15, 0.2) is 24.3 Å². The van der Waals surface area contributed by atoms with Crippen molar-refractivity contribution in [2.45, 2.75) is 19.1 Å². The summed E-state index contributed by atoms with van der Waals surface area (Å²) < 4.78 is 66.9. The van der Waals surface area contributed by atoms with Crippen molar-refractivity contribution in [2.24, 2.45) is 0 Å². The van der Waals surface area contributed by atoms with Gasteiger partial charge in [0.05, 0.1) is 24.4 Å². The predicted molar refractivity (Wildman–Crippen MR) is 82.0 cm³/mol. The third kappa shape index (κ3) is 6.36. The number of amides is 1. The van der Waals surface area contributed by atoms with E-state index >= 15 is 0 Å². The van der Waals surface area contributed by atoms with Gasteiger partial charge in [-0.05, 0) is 19.1 Å². The molecule has 6 nitrogen and oxygen atoms in total. The van der Waals surface area contributed by atoms with Gasteiger partial charge in [0.1, 0.15) is 12.4 Å². The molecular weight excluding hydrogens is 349 g/mol. The molecule has 1 aromatic rings. The van der Waals surface area contributed by atoms with E-state index in [4.69, 9.17) is 4.74 Å². The largest absolute Gasteiger partial charge is 0.491 e. The molecule has 24 heavy (non-hydrogen) atoms. The fourth-order valence-electron chi connectivity index (χ4n) is 1.72. The van der Waals surface area contributed by atoms with E-state index in [9.17, 15) is 26.4 Å². The monoisotopic (exact) mass is 368 g/mol. The van der Waals surface area contributed by atoms with Crippen LogP contribution in [0, 0.1) is 0 Å². The number of sulfonamides is 1. The van der Waals surface area contributed by atoms with Gasteiger partial charge >= 0.3 is 6.18 Å². The molecule has 0 saturated carbocycles. The summed E-state index contributed by atoms with van der Waals surface area (Å²) in [6, 6.07) is 4.15. The van der Waals surface area contributed by atoms with Gasteiger partial charge in [-0.15, -0.1) is 0 Å². The van der Waals surface area contributed by atoms with Crippen molar-refractivity contribution in [3.05, 3.63) is 29.8 Å². The molecule has 1 N–H and O–H groups in total. The molecule has 0 saturated heterocycles. The summed E-state index contributed by atoms with van der Waals surface area (Å²) in [5, 5.41) is 2.46. The maximum atomic E-state index is 12.8. The Kier molecular flexibility index (Phi) is 6.61. The summed E-state index contributed by atoms with van der Waals surface area (Å²) in [5.74, 6) is -0.914. The van der Waals surface area contributed by atoms with Crippen LogP contribution in [0.25, 0.3) is 0 Å². The second kappa shape index (κ2) is 7.84. The molecule has 0 heterocycles. The summed E-state index contributed by atoms with van der Waals surface area (Å²) in [7, 11) is -2.25. The molecule has 1 amide bonds. The van der Waals surface area contributed by atoms with Gasteiger partial charge in [-0.1, -0.05) is 12.1 Å². The summed E-state index contributed by atoms with van der Waals surface area (Å²) >= 11 is 0. The maximum Gasteiger partial charge on any atom is 0.419 e. The third-order valence-electron chi connectivity index (χ3n) is 3.02. The van der Waals surface area contributed by atoms with Crippen molar-refractivity contribution < 1.29 is 31.1 Å². The molecule has 0 bridgehead atoms. The Morgan fingerprint density at radius 3 is 2.46 bits per heavy atom. The van der Waals surface area contributed by atoms with Gasteiger partial charge in [-0.3, -0.25) is 4.79 Å². The minimum Gasteiger partial charge on any atom is -0.491 e. The number of carbonyl (C=O) groups excluding carboxylic acids is 1. The first-order valence-electron chi connectivity index (χ1n) is 6.91. The molecule has 1 atom stereocenters. The zero-order valence-corrected chi connectivity index (χ0v) is 14.2. The van der Waals surface area contributed by atoms with E-state index < -0.39 is 33.7 Å². The van der Waals surface area contributed by atoms with Crippen LogP contribution in [0.1, 0.15) is 12.5 Å². The predicted octanol–water partition coefficient (Wildman–Crippen LogP) is 1.48. The van der Waals surface area contributed by atoms with Crippen molar-refractivity contribution in [1.82, 2.24) is 9.62 Å². The highest BCUT2D eigenvalue weighted by atomic mass is 32.2. The first kappa shape index (κ1) is 20.2. The van der Waals surface area contributed by atoms with Crippen LogP contribution in [-0.2, 0) is 21.0 Å². The number of hydrogen-bond acceptors (Lipinski definition) is 4. The molecule has 1 rings (SSSR count). The van der Waals surface area contributed by atoms with Crippen LogP contribution in [0.5, 0.6) is 5.75 Å². The third-order valence-corrected chi connectivity index (χ3v) is 4.28. The normalized spacial score (nSPS) is 13.6. The molecule has 10 heteroatoms. The number of alkyl halides is 3. The van der Waals surface area contributed by atoms with Crippen molar-refractivity contribution in [3.63, 3.8) is 0 Å². The van der Waals surface area contributed by atoms with Crippen LogP contribution in [0.2, 0.25) is 0 Å². The fraction of sp³-hybridized carbons (Fsp3) is 0.500. The lowest BCUT2D eigenvalue weighted by Gasteiger charge is -2.19. The Hall–Kier alpha value is -1.81. The van der Waals surface area contributed by atoms with E-state index in [1.54, 1.807) is 0 Å². The number of nitrogens with zero attached hydrogens (tertiary/aromatic N) is 1. The topological polar surface area (TPSA) is 75.7 Å². The molecule has 136 valence electrons. The van der Waals surface area contributed by atoms with E-state index in [-0.39, 0.29) is 18.9 Å². The van der Waals surface area contributed by atoms with E-state index in [2.05, 4.69) is 5.32 Å². The highest BCUT2D eigenvalue weighted by Gasteiger charge is 2.34. The van der Waals surface area contributed by atoms with Gasteiger partial charge in [0.25, 0.3) is 0 Å². The Balaban J connectivity index is 2.59. The van der Waals surface area contributed by atoms with E-state index in [1.165, 1.54) is 32.2 Å². The van der Waals surface area contributed by atoms with E-state index in [0.717, 1.165) is 16.6 Å². The fourth-order valence-corrected chi connectivity index (χ4v) is 2.07. The molecular formula is C14H19F3N2O4S. The number of rotatable bonds is 7. The van der Waals surface area contributed by atoms with Gasteiger partial charge in [0, 0.05) is 7.05 Å². The Bertz CT molecular complexity index is 677. The SMILES string of the molecule is CC(COc1ccccc1C(F)(F)F)NC(=O)CN(C)S(C)(=O)=O. The van der Waals surface area contributed by atoms with Crippen molar-refractivity contribution >= 4 is 15.9 Å². The van der Waals surface area contributed by atoms with E-state index in [1.807, 2.05) is 0 Å². The summed E-state index contributed by atoms with van der Waals surface area (Å²) in [6.07, 6.45) is -3.58. The summed E-state index contributed by atoms with van der Waals surface area (Å²) in [5.41, 5.74) is -0.902. The molecule has 0 spiro atoms. The number of nitrogens with one attached hydrogen (secondary N) is 1. The minimum absolute atomic E-state index is 0.193. The quantitative estimate of drug-likeness (QED) is 0.791. The second-order valence-electron chi connectivity index (χ2n) is 5.29. The lowest BCUT2D eigenvalue weighted by atomic mass is 10.2. The number of carbonyl (C=O) groups is 1. The average molecular weight is 368 g/mol. The Labute approximate surface area is 138 Å². The lowest BCUT2D eigenvalue weighted by Crippen LogP contribution is -2.43. The van der Waals surface area contributed by atoms with Crippen LogP contribution >= 0.6 is 0 Å². The molecule has 0 radical (unpaired) electrons. The second-order valence-corrected chi connectivity index (χ2v) is 7.38.